The molecule has 1 aliphatic rings. The summed E-state index contributed by atoms with van der Waals surface area (Å²) in [5.41, 5.74) is -0.536. The standard InChI is InChI=1S/C9H10F3N5O2/c10-9(11,12)8(3-4-8)15-7-5(17(18)19)1-2-6(14-7)16-13/h1-2H,3-4,13H2,(H2,14,15,16). The van der Waals surface area contributed by atoms with E-state index in [4.69, 9.17) is 5.84 Å². The van der Waals surface area contributed by atoms with E-state index in [2.05, 4.69) is 15.7 Å². The maximum absolute atomic E-state index is 12.8. The largest absolute Gasteiger partial charge is 0.411 e. The molecule has 0 amide bonds. The SMILES string of the molecule is NNc1ccc([N+](=O)[O-])c(NC2(C(F)(F)F)CC2)n1. The van der Waals surface area contributed by atoms with Gasteiger partial charge in [-0.15, -0.1) is 0 Å². The monoisotopic (exact) mass is 277 g/mol. The van der Waals surface area contributed by atoms with Gasteiger partial charge in [0.1, 0.15) is 11.4 Å². The van der Waals surface area contributed by atoms with Gasteiger partial charge in [-0.25, -0.2) is 10.8 Å². The van der Waals surface area contributed by atoms with E-state index in [-0.39, 0.29) is 18.7 Å². The van der Waals surface area contributed by atoms with E-state index in [1.165, 1.54) is 6.07 Å². The quantitative estimate of drug-likeness (QED) is 0.440. The van der Waals surface area contributed by atoms with Crippen LogP contribution in [0.25, 0.3) is 0 Å². The molecule has 19 heavy (non-hydrogen) atoms. The Morgan fingerprint density at radius 3 is 2.47 bits per heavy atom. The van der Waals surface area contributed by atoms with Gasteiger partial charge in [-0.05, 0) is 18.9 Å². The molecule has 1 aromatic heterocycles. The first-order chi connectivity index (χ1) is 8.79. The Kier molecular flexibility index (Phi) is 2.97. The van der Waals surface area contributed by atoms with E-state index in [1.54, 1.807) is 0 Å². The Morgan fingerprint density at radius 2 is 2.05 bits per heavy atom. The van der Waals surface area contributed by atoms with Gasteiger partial charge < -0.3 is 10.7 Å². The van der Waals surface area contributed by atoms with Crippen LogP contribution < -0.4 is 16.6 Å². The van der Waals surface area contributed by atoms with Crippen LogP contribution in [-0.4, -0.2) is 21.6 Å². The van der Waals surface area contributed by atoms with Crippen LogP contribution in [0, 0.1) is 10.1 Å². The molecule has 0 atom stereocenters. The smallest absolute Gasteiger partial charge is 0.350 e. The number of nitrogens with one attached hydrogen (secondary N) is 2. The first kappa shape index (κ1) is 13.3. The van der Waals surface area contributed by atoms with Gasteiger partial charge in [0.25, 0.3) is 0 Å². The molecule has 1 aromatic rings. The minimum absolute atomic E-state index is 0.0334. The Bertz CT molecular complexity index is 515. The van der Waals surface area contributed by atoms with Crippen molar-refractivity contribution < 1.29 is 18.1 Å². The summed E-state index contributed by atoms with van der Waals surface area (Å²) in [4.78, 5) is 13.6. The molecule has 7 nitrogen and oxygen atoms in total. The minimum atomic E-state index is -4.49. The summed E-state index contributed by atoms with van der Waals surface area (Å²) in [7, 11) is 0. The lowest BCUT2D eigenvalue weighted by atomic mass is 10.2. The van der Waals surface area contributed by atoms with Crippen molar-refractivity contribution in [1.29, 1.82) is 0 Å². The zero-order valence-corrected chi connectivity index (χ0v) is 9.49. The van der Waals surface area contributed by atoms with Crippen LogP contribution in [0.15, 0.2) is 12.1 Å². The molecule has 104 valence electrons. The zero-order valence-electron chi connectivity index (χ0n) is 9.49. The van der Waals surface area contributed by atoms with Crippen molar-refractivity contribution in [2.24, 2.45) is 5.84 Å². The van der Waals surface area contributed by atoms with E-state index in [1.807, 2.05) is 0 Å². The summed E-state index contributed by atoms with van der Waals surface area (Å²) in [5.74, 6) is 4.66. The molecule has 4 N–H and O–H groups in total. The van der Waals surface area contributed by atoms with Gasteiger partial charge in [0.15, 0.2) is 0 Å². The number of aromatic nitrogens is 1. The second-order valence-corrected chi connectivity index (χ2v) is 4.17. The lowest BCUT2D eigenvalue weighted by Gasteiger charge is -2.21. The summed E-state index contributed by atoms with van der Waals surface area (Å²) < 4.78 is 38.4. The molecule has 0 bridgehead atoms. The highest BCUT2D eigenvalue weighted by Crippen LogP contribution is 2.51. The van der Waals surface area contributed by atoms with Crippen molar-refractivity contribution in [1.82, 2.24) is 4.98 Å². The Morgan fingerprint density at radius 1 is 1.42 bits per heavy atom. The molecule has 0 unspecified atom stereocenters. The number of nitrogens with two attached hydrogens (primary N) is 1. The topological polar surface area (TPSA) is 106 Å². The number of nitrogens with zero attached hydrogens (tertiary/aromatic N) is 2. The van der Waals surface area contributed by atoms with E-state index in [0.717, 1.165) is 6.07 Å². The third-order valence-corrected chi connectivity index (χ3v) is 2.87. The second-order valence-electron chi connectivity index (χ2n) is 4.17. The number of rotatable bonds is 4. The van der Waals surface area contributed by atoms with Crippen LogP contribution in [0.5, 0.6) is 0 Å². The van der Waals surface area contributed by atoms with Crippen LogP contribution in [0.3, 0.4) is 0 Å². The van der Waals surface area contributed by atoms with Gasteiger partial charge in [-0.3, -0.25) is 10.1 Å². The molecule has 1 fully saturated rings. The highest BCUT2D eigenvalue weighted by molar-refractivity contribution is 5.62. The van der Waals surface area contributed by atoms with Crippen molar-refractivity contribution in [2.75, 3.05) is 10.7 Å². The van der Waals surface area contributed by atoms with Gasteiger partial charge in [-0.1, -0.05) is 0 Å². The molecule has 0 radical (unpaired) electrons. The maximum Gasteiger partial charge on any atom is 0.411 e. The Hall–Kier alpha value is -2.10. The van der Waals surface area contributed by atoms with Gasteiger partial charge in [0.05, 0.1) is 4.92 Å². The number of hydrogen-bond acceptors (Lipinski definition) is 6. The van der Waals surface area contributed by atoms with Gasteiger partial charge >= 0.3 is 11.9 Å². The summed E-state index contributed by atoms with van der Waals surface area (Å²) in [6, 6.07) is 2.24. The summed E-state index contributed by atoms with van der Waals surface area (Å²) >= 11 is 0. The molecule has 1 saturated carbocycles. The average molecular weight is 277 g/mol. The maximum atomic E-state index is 12.8. The molecule has 0 spiro atoms. The third kappa shape index (κ3) is 2.38. The molecule has 0 saturated heterocycles. The van der Waals surface area contributed by atoms with E-state index >= 15 is 0 Å². The highest BCUT2D eigenvalue weighted by Gasteiger charge is 2.64. The first-order valence-electron chi connectivity index (χ1n) is 5.26. The van der Waals surface area contributed by atoms with Crippen LogP contribution in [-0.2, 0) is 0 Å². The summed E-state index contributed by atoms with van der Waals surface area (Å²) in [6.45, 7) is 0. The summed E-state index contributed by atoms with van der Waals surface area (Å²) in [6.07, 6.45) is -4.78. The van der Waals surface area contributed by atoms with Gasteiger partial charge in [0, 0.05) is 6.07 Å². The van der Waals surface area contributed by atoms with Gasteiger partial charge in [-0.2, -0.15) is 13.2 Å². The number of hydrazine groups is 1. The van der Waals surface area contributed by atoms with Crippen molar-refractivity contribution in [3.63, 3.8) is 0 Å². The number of hydrogen-bond donors (Lipinski definition) is 3. The number of anilines is 2. The number of nitro groups is 1. The first-order valence-corrected chi connectivity index (χ1v) is 5.26. The predicted molar refractivity (Wildman–Crippen MR) is 60.3 cm³/mol. The van der Waals surface area contributed by atoms with E-state index < -0.39 is 28.1 Å². The number of pyridine rings is 1. The highest BCUT2D eigenvalue weighted by atomic mass is 19.4. The number of halogens is 3. The fraction of sp³-hybridized carbons (Fsp3) is 0.444. The molecular formula is C9H10F3N5O2. The lowest BCUT2D eigenvalue weighted by molar-refractivity contribution is -0.384. The Balaban J connectivity index is 2.36. The Labute approximate surface area is 105 Å². The molecule has 1 heterocycles. The van der Waals surface area contributed by atoms with E-state index in [0.29, 0.717) is 0 Å². The minimum Gasteiger partial charge on any atom is -0.350 e. The van der Waals surface area contributed by atoms with E-state index in [9.17, 15) is 23.3 Å². The molecule has 0 aliphatic heterocycles. The van der Waals surface area contributed by atoms with Gasteiger partial charge in [0.2, 0.25) is 5.82 Å². The van der Waals surface area contributed by atoms with Crippen LogP contribution in [0.2, 0.25) is 0 Å². The van der Waals surface area contributed by atoms with Crippen LogP contribution in [0.1, 0.15) is 12.8 Å². The van der Waals surface area contributed by atoms with Crippen molar-refractivity contribution in [3.05, 3.63) is 22.2 Å². The normalized spacial score (nSPS) is 16.8. The van der Waals surface area contributed by atoms with Crippen molar-refractivity contribution >= 4 is 17.3 Å². The van der Waals surface area contributed by atoms with Crippen LogP contribution in [0.4, 0.5) is 30.5 Å². The average Bonchev–Trinajstić information content (AvgIpc) is 3.08. The lowest BCUT2D eigenvalue weighted by Crippen LogP contribution is -2.39. The second kappa shape index (κ2) is 4.23. The molecule has 2 rings (SSSR count). The van der Waals surface area contributed by atoms with Crippen LogP contribution >= 0.6 is 0 Å². The fourth-order valence-electron chi connectivity index (χ4n) is 1.60. The molecular weight excluding hydrogens is 267 g/mol. The molecule has 10 heteroatoms. The number of nitrogen functional groups attached to an aromatic ring is 1. The number of alkyl halides is 3. The molecule has 1 aliphatic carbocycles. The molecule has 0 aromatic carbocycles. The van der Waals surface area contributed by atoms with Crippen molar-refractivity contribution in [3.8, 4) is 0 Å². The zero-order chi connectivity index (χ0) is 14.3. The third-order valence-electron chi connectivity index (χ3n) is 2.87. The summed E-state index contributed by atoms with van der Waals surface area (Å²) in [5, 5.41) is 12.9. The predicted octanol–water partition coefficient (Wildman–Crippen LogP) is 1.78. The fourth-order valence-corrected chi connectivity index (χ4v) is 1.60. The van der Waals surface area contributed by atoms with Crippen molar-refractivity contribution in [2.45, 2.75) is 24.6 Å².